The molecule has 1 aliphatic rings. The van der Waals surface area contributed by atoms with Crippen molar-refractivity contribution in [3.8, 4) is 0 Å². The molecule has 1 aromatic rings. The number of nitrogens with zero attached hydrogens (tertiary/aromatic N) is 3. The lowest BCUT2D eigenvalue weighted by Gasteiger charge is -2.34. The van der Waals surface area contributed by atoms with Gasteiger partial charge < -0.3 is 9.26 Å². The Morgan fingerprint density at radius 2 is 2.19 bits per heavy atom. The third kappa shape index (κ3) is 4.27. The Morgan fingerprint density at radius 1 is 1.43 bits per heavy atom. The Kier molecular flexibility index (Phi) is 4.98. The molecule has 0 radical (unpaired) electrons. The molecule has 0 amide bonds. The first-order valence-electron chi connectivity index (χ1n) is 7.54. The fourth-order valence-electron chi connectivity index (χ4n) is 2.58. The van der Waals surface area contributed by atoms with E-state index < -0.39 is 0 Å². The number of aromatic nitrogens is 2. The van der Waals surface area contributed by atoms with E-state index >= 15 is 0 Å². The summed E-state index contributed by atoms with van der Waals surface area (Å²) in [6, 6.07) is 0.211. The summed E-state index contributed by atoms with van der Waals surface area (Å²) >= 11 is 0. The monoisotopic (exact) mass is 295 g/mol. The highest BCUT2D eigenvalue weighted by atomic mass is 16.5. The van der Waals surface area contributed by atoms with Gasteiger partial charge in [0.25, 0.3) is 0 Å². The van der Waals surface area contributed by atoms with E-state index in [9.17, 15) is 4.79 Å². The van der Waals surface area contributed by atoms with Crippen molar-refractivity contribution < 1.29 is 14.1 Å². The first kappa shape index (κ1) is 15.9. The summed E-state index contributed by atoms with van der Waals surface area (Å²) in [5.41, 5.74) is -0.140. The highest BCUT2D eigenvalue weighted by Crippen LogP contribution is 2.23. The first-order valence-corrected chi connectivity index (χ1v) is 7.54. The van der Waals surface area contributed by atoms with E-state index in [-0.39, 0.29) is 17.4 Å². The van der Waals surface area contributed by atoms with Crippen LogP contribution >= 0.6 is 0 Å². The second-order valence-electron chi connectivity index (χ2n) is 6.67. The number of carbonyl (C=O) groups is 1. The Bertz CT molecular complexity index is 479. The lowest BCUT2D eigenvalue weighted by molar-refractivity contribution is -0.142. The number of likely N-dealkylation sites (tertiary alicyclic amines) is 1. The molecule has 1 fully saturated rings. The van der Waals surface area contributed by atoms with Crippen molar-refractivity contribution in [1.82, 2.24) is 15.0 Å². The molecule has 6 heteroatoms. The minimum Gasteiger partial charge on any atom is -0.469 e. The van der Waals surface area contributed by atoms with E-state index in [0.29, 0.717) is 24.7 Å². The van der Waals surface area contributed by atoms with Crippen LogP contribution in [0.25, 0.3) is 0 Å². The van der Waals surface area contributed by atoms with Crippen LogP contribution in [0.2, 0.25) is 0 Å². The summed E-state index contributed by atoms with van der Waals surface area (Å²) in [7, 11) is 1.43. The molecular formula is C15H25N3O3. The molecule has 1 atom stereocenters. The smallest absolute Gasteiger partial charge is 0.307 e. The van der Waals surface area contributed by atoms with Gasteiger partial charge in [-0.15, -0.1) is 0 Å². The molecule has 1 aliphatic heterocycles. The fraction of sp³-hybridized carbons (Fsp3) is 0.800. The van der Waals surface area contributed by atoms with Crippen molar-refractivity contribution in [1.29, 1.82) is 0 Å². The Labute approximate surface area is 125 Å². The second kappa shape index (κ2) is 6.56. The quantitative estimate of drug-likeness (QED) is 0.794. The summed E-state index contributed by atoms with van der Waals surface area (Å²) in [4.78, 5) is 18.3. The Morgan fingerprint density at radius 3 is 2.81 bits per heavy atom. The van der Waals surface area contributed by atoms with Crippen LogP contribution in [0.1, 0.15) is 58.2 Å². The van der Waals surface area contributed by atoms with Crippen LogP contribution in [0.3, 0.4) is 0 Å². The van der Waals surface area contributed by atoms with Crippen molar-refractivity contribution >= 4 is 5.97 Å². The van der Waals surface area contributed by atoms with Gasteiger partial charge in [0, 0.05) is 11.5 Å². The van der Waals surface area contributed by atoms with Gasteiger partial charge in [-0.1, -0.05) is 32.3 Å². The maximum Gasteiger partial charge on any atom is 0.307 e. The number of methoxy groups -OCH3 is 1. The maximum atomic E-state index is 11.5. The standard InChI is InChI=1S/C15H25N3O3/c1-15(2,3)14-16-12(17-21-14)10-18-8-6-5-7-11(18)9-13(19)20-4/h11H,5-10H2,1-4H3. The number of carbonyl (C=O) groups excluding carboxylic acids is 1. The zero-order chi connectivity index (χ0) is 15.5. The third-order valence-corrected chi connectivity index (χ3v) is 3.83. The van der Waals surface area contributed by atoms with Gasteiger partial charge in [0.1, 0.15) is 0 Å². The van der Waals surface area contributed by atoms with E-state index in [1.165, 1.54) is 7.11 Å². The Hall–Kier alpha value is -1.43. The summed E-state index contributed by atoms with van der Waals surface area (Å²) in [6.45, 7) is 7.73. The van der Waals surface area contributed by atoms with E-state index in [1.54, 1.807) is 0 Å². The van der Waals surface area contributed by atoms with E-state index in [1.807, 2.05) is 20.8 Å². The predicted octanol–water partition coefficient (Wildman–Crippen LogP) is 2.28. The van der Waals surface area contributed by atoms with Crippen LogP contribution in [0.5, 0.6) is 0 Å². The van der Waals surface area contributed by atoms with Crippen LogP contribution < -0.4 is 0 Å². The van der Waals surface area contributed by atoms with E-state index in [0.717, 1.165) is 25.8 Å². The minimum absolute atomic E-state index is 0.140. The lowest BCUT2D eigenvalue weighted by Crippen LogP contribution is -2.40. The molecule has 0 N–H and O–H groups in total. The Balaban J connectivity index is 2.02. The van der Waals surface area contributed by atoms with Crippen LogP contribution in [-0.4, -0.2) is 40.7 Å². The number of esters is 1. The van der Waals surface area contributed by atoms with Crippen molar-refractivity contribution in [3.05, 3.63) is 11.7 Å². The molecule has 2 heterocycles. The molecule has 1 saturated heterocycles. The molecule has 0 bridgehead atoms. The summed E-state index contributed by atoms with van der Waals surface area (Å²) < 4.78 is 10.1. The van der Waals surface area contributed by atoms with Crippen LogP contribution in [-0.2, 0) is 21.5 Å². The molecule has 0 aliphatic carbocycles. The van der Waals surface area contributed by atoms with Crippen LogP contribution in [0, 0.1) is 0 Å². The number of rotatable bonds is 4. The second-order valence-corrected chi connectivity index (χ2v) is 6.67. The van der Waals surface area contributed by atoms with Crippen molar-refractivity contribution in [3.63, 3.8) is 0 Å². The first-order chi connectivity index (χ1) is 9.90. The van der Waals surface area contributed by atoms with Crippen molar-refractivity contribution in [2.45, 2.75) is 64.5 Å². The van der Waals surface area contributed by atoms with Gasteiger partial charge >= 0.3 is 5.97 Å². The van der Waals surface area contributed by atoms with Gasteiger partial charge in [-0.25, -0.2) is 0 Å². The highest BCUT2D eigenvalue weighted by Gasteiger charge is 2.27. The summed E-state index contributed by atoms with van der Waals surface area (Å²) in [6.07, 6.45) is 3.73. The fourth-order valence-corrected chi connectivity index (χ4v) is 2.58. The molecule has 6 nitrogen and oxygen atoms in total. The van der Waals surface area contributed by atoms with E-state index in [2.05, 4.69) is 15.0 Å². The van der Waals surface area contributed by atoms with Gasteiger partial charge in [-0.05, 0) is 19.4 Å². The van der Waals surface area contributed by atoms with Gasteiger partial charge in [0.15, 0.2) is 5.82 Å². The SMILES string of the molecule is COC(=O)CC1CCCCN1Cc1noc(C(C)(C)C)n1. The average molecular weight is 295 g/mol. The van der Waals surface area contributed by atoms with Crippen molar-refractivity contribution in [2.75, 3.05) is 13.7 Å². The normalized spacial score (nSPS) is 20.5. The predicted molar refractivity (Wildman–Crippen MR) is 77.7 cm³/mol. The van der Waals surface area contributed by atoms with Gasteiger partial charge in [0.2, 0.25) is 5.89 Å². The van der Waals surface area contributed by atoms with Crippen LogP contribution in [0.4, 0.5) is 0 Å². The summed E-state index contributed by atoms with van der Waals surface area (Å²) in [5.74, 6) is 1.19. The zero-order valence-corrected chi connectivity index (χ0v) is 13.4. The molecule has 1 unspecified atom stereocenters. The molecular weight excluding hydrogens is 270 g/mol. The summed E-state index contributed by atoms with van der Waals surface area (Å²) in [5, 5.41) is 4.07. The average Bonchev–Trinajstić information content (AvgIpc) is 2.89. The molecule has 21 heavy (non-hydrogen) atoms. The van der Waals surface area contributed by atoms with Gasteiger partial charge in [-0.2, -0.15) is 4.98 Å². The van der Waals surface area contributed by atoms with Crippen molar-refractivity contribution in [2.24, 2.45) is 0 Å². The molecule has 2 rings (SSSR count). The topological polar surface area (TPSA) is 68.5 Å². The molecule has 0 aromatic carbocycles. The molecule has 118 valence electrons. The highest BCUT2D eigenvalue weighted by molar-refractivity contribution is 5.69. The van der Waals surface area contributed by atoms with Crippen LogP contribution in [0.15, 0.2) is 4.52 Å². The van der Waals surface area contributed by atoms with E-state index in [4.69, 9.17) is 9.26 Å². The zero-order valence-electron chi connectivity index (χ0n) is 13.4. The largest absolute Gasteiger partial charge is 0.469 e. The number of hydrogen-bond donors (Lipinski definition) is 0. The molecule has 1 aromatic heterocycles. The number of hydrogen-bond acceptors (Lipinski definition) is 6. The maximum absolute atomic E-state index is 11.5. The number of ether oxygens (including phenoxy) is 1. The minimum atomic E-state index is -0.157. The lowest BCUT2D eigenvalue weighted by atomic mass is 9.97. The molecule has 0 spiro atoms. The van der Waals surface area contributed by atoms with Gasteiger partial charge in [0.05, 0.1) is 20.1 Å². The molecule has 0 saturated carbocycles. The van der Waals surface area contributed by atoms with Gasteiger partial charge in [-0.3, -0.25) is 9.69 Å². The third-order valence-electron chi connectivity index (χ3n) is 3.83. The number of piperidine rings is 1.